The standard InChI is InChI=1S/C14H17N3O2S/c18-11-6-10(7-15-8-11)14-16-13(17-19-14)9-20-12-4-2-1-3-5-12/h6-8,12,18H,1-5,9H2. The second-order valence-corrected chi connectivity index (χ2v) is 6.31. The molecule has 0 unspecified atom stereocenters. The Bertz CT molecular complexity index is 567. The Morgan fingerprint density at radius 3 is 2.90 bits per heavy atom. The van der Waals surface area contributed by atoms with Crippen molar-refractivity contribution in [1.29, 1.82) is 0 Å². The molecule has 1 fully saturated rings. The van der Waals surface area contributed by atoms with Crippen LogP contribution in [0.15, 0.2) is 23.0 Å². The predicted molar refractivity (Wildman–Crippen MR) is 77.4 cm³/mol. The fourth-order valence-corrected chi connectivity index (χ4v) is 3.57. The lowest BCUT2D eigenvalue weighted by Gasteiger charge is -2.19. The van der Waals surface area contributed by atoms with Crippen molar-refractivity contribution in [2.24, 2.45) is 0 Å². The third-order valence-corrected chi connectivity index (χ3v) is 4.81. The lowest BCUT2D eigenvalue weighted by Crippen LogP contribution is -2.08. The van der Waals surface area contributed by atoms with Gasteiger partial charge in [-0.3, -0.25) is 4.98 Å². The highest BCUT2D eigenvalue weighted by Crippen LogP contribution is 2.30. The van der Waals surface area contributed by atoms with E-state index >= 15 is 0 Å². The maximum atomic E-state index is 9.40. The Balaban J connectivity index is 1.61. The molecule has 5 nitrogen and oxygen atoms in total. The third-order valence-electron chi connectivity index (χ3n) is 3.44. The van der Waals surface area contributed by atoms with Gasteiger partial charge in [-0.15, -0.1) is 0 Å². The summed E-state index contributed by atoms with van der Waals surface area (Å²) >= 11 is 1.91. The molecule has 1 saturated carbocycles. The fraction of sp³-hybridized carbons (Fsp3) is 0.500. The van der Waals surface area contributed by atoms with Crippen molar-refractivity contribution in [3.05, 3.63) is 24.3 Å². The topological polar surface area (TPSA) is 72.0 Å². The van der Waals surface area contributed by atoms with Gasteiger partial charge in [0, 0.05) is 11.4 Å². The van der Waals surface area contributed by atoms with Crippen LogP contribution in [0, 0.1) is 0 Å². The van der Waals surface area contributed by atoms with Gasteiger partial charge in [-0.25, -0.2) is 0 Å². The van der Waals surface area contributed by atoms with Crippen molar-refractivity contribution in [3.8, 4) is 17.2 Å². The largest absolute Gasteiger partial charge is 0.506 e. The average Bonchev–Trinajstić information content (AvgIpc) is 2.95. The Labute approximate surface area is 121 Å². The molecule has 0 amide bonds. The first-order valence-corrected chi connectivity index (χ1v) is 7.95. The van der Waals surface area contributed by atoms with Crippen molar-refractivity contribution in [1.82, 2.24) is 15.1 Å². The van der Waals surface area contributed by atoms with E-state index < -0.39 is 0 Å². The van der Waals surface area contributed by atoms with Crippen LogP contribution in [-0.2, 0) is 5.75 Å². The molecule has 0 aliphatic heterocycles. The van der Waals surface area contributed by atoms with E-state index in [0.29, 0.717) is 17.3 Å². The maximum Gasteiger partial charge on any atom is 0.259 e. The molecule has 3 rings (SSSR count). The van der Waals surface area contributed by atoms with Gasteiger partial charge in [0.05, 0.1) is 17.5 Å². The number of pyridine rings is 1. The first-order valence-electron chi connectivity index (χ1n) is 6.90. The van der Waals surface area contributed by atoms with E-state index in [-0.39, 0.29) is 5.75 Å². The van der Waals surface area contributed by atoms with Gasteiger partial charge in [0.25, 0.3) is 5.89 Å². The number of rotatable bonds is 4. The number of hydrogen-bond donors (Lipinski definition) is 1. The van der Waals surface area contributed by atoms with Crippen molar-refractivity contribution in [2.75, 3.05) is 0 Å². The molecule has 2 aromatic heterocycles. The van der Waals surface area contributed by atoms with Gasteiger partial charge in [-0.2, -0.15) is 16.7 Å². The number of hydrogen-bond acceptors (Lipinski definition) is 6. The summed E-state index contributed by atoms with van der Waals surface area (Å²) in [7, 11) is 0. The van der Waals surface area contributed by atoms with Gasteiger partial charge in [0.2, 0.25) is 0 Å². The SMILES string of the molecule is Oc1cncc(-c2nc(CSC3CCCCC3)no2)c1. The maximum absolute atomic E-state index is 9.40. The number of thioether (sulfide) groups is 1. The average molecular weight is 291 g/mol. The molecule has 0 radical (unpaired) electrons. The van der Waals surface area contributed by atoms with Crippen LogP contribution >= 0.6 is 11.8 Å². The number of nitrogens with zero attached hydrogens (tertiary/aromatic N) is 3. The summed E-state index contributed by atoms with van der Waals surface area (Å²) in [5, 5.41) is 14.1. The van der Waals surface area contributed by atoms with Crippen LogP contribution < -0.4 is 0 Å². The highest BCUT2D eigenvalue weighted by Gasteiger charge is 2.16. The van der Waals surface area contributed by atoms with Gasteiger partial charge < -0.3 is 9.63 Å². The van der Waals surface area contributed by atoms with E-state index in [1.54, 1.807) is 12.3 Å². The van der Waals surface area contributed by atoms with Crippen molar-refractivity contribution in [2.45, 2.75) is 43.1 Å². The van der Waals surface area contributed by atoms with Crippen LogP contribution in [0.4, 0.5) is 0 Å². The van der Waals surface area contributed by atoms with Crippen LogP contribution in [0.1, 0.15) is 37.9 Å². The van der Waals surface area contributed by atoms with Crippen LogP contribution in [0.3, 0.4) is 0 Å². The number of aromatic hydroxyl groups is 1. The van der Waals surface area contributed by atoms with E-state index in [1.807, 2.05) is 11.8 Å². The summed E-state index contributed by atoms with van der Waals surface area (Å²) < 4.78 is 5.22. The smallest absolute Gasteiger partial charge is 0.259 e. The zero-order valence-electron chi connectivity index (χ0n) is 11.2. The molecule has 6 heteroatoms. The van der Waals surface area contributed by atoms with Crippen LogP contribution in [0.5, 0.6) is 5.75 Å². The molecule has 2 heterocycles. The third kappa shape index (κ3) is 3.30. The normalized spacial score (nSPS) is 16.4. The summed E-state index contributed by atoms with van der Waals surface area (Å²) in [5.41, 5.74) is 0.645. The minimum absolute atomic E-state index is 0.0961. The zero-order chi connectivity index (χ0) is 13.8. The Kier molecular flexibility index (Phi) is 4.20. The molecule has 0 bridgehead atoms. The molecule has 1 aliphatic carbocycles. The molecule has 106 valence electrons. The van der Waals surface area contributed by atoms with E-state index in [2.05, 4.69) is 15.1 Å². The van der Waals surface area contributed by atoms with Gasteiger partial charge in [-0.1, -0.05) is 24.4 Å². The van der Waals surface area contributed by atoms with Gasteiger partial charge in [-0.05, 0) is 18.9 Å². The molecular weight excluding hydrogens is 274 g/mol. The first kappa shape index (κ1) is 13.4. The Morgan fingerprint density at radius 2 is 2.10 bits per heavy atom. The summed E-state index contributed by atoms with van der Waals surface area (Å²) in [6.45, 7) is 0. The van der Waals surface area contributed by atoms with Gasteiger partial charge >= 0.3 is 0 Å². The molecule has 0 atom stereocenters. The predicted octanol–water partition coefficient (Wildman–Crippen LogP) is 3.40. The number of aromatic nitrogens is 3. The molecule has 2 aromatic rings. The second-order valence-electron chi connectivity index (χ2n) is 5.02. The van der Waals surface area contributed by atoms with E-state index in [9.17, 15) is 5.11 Å². The molecule has 0 saturated heterocycles. The Morgan fingerprint density at radius 1 is 1.25 bits per heavy atom. The van der Waals surface area contributed by atoms with Crippen LogP contribution in [0.25, 0.3) is 11.5 Å². The van der Waals surface area contributed by atoms with Gasteiger partial charge in [0.1, 0.15) is 5.75 Å². The minimum atomic E-state index is 0.0961. The van der Waals surface area contributed by atoms with Gasteiger partial charge in [0.15, 0.2) is 5.82 Å². The summed E-state index contributed by atoms with van der Waals surface area (Å²) in [6.07, 6.45) is 9.62. The van der Waals surface area contributed by atoms with E-state index in [1.165, 1.54) is 38.3 Å². The molecule has 0 spiro atoms. The summed E-state index contributed by atoms with van der Waals surface area (Å²) in [6, 6.07) is 1.57. The highest BCUT2D eigenvalue weighted by atomic mass is 32.2. The monoisotopic (exact) mass is 291 g/mol. The fourth-order valence-electron chi connectivity index (χ4n) is 2.40. The summed E-state index contributed by atoms with van der Waals surface area (Å²) in [4.78, 5) is 8.26. The zero-order valence-corrected chi connectivity index (χ0v) is 12.0. The molecule has 1 N–H and O–H groups in total. The summed E-state index contributed by atoms with van der Waals surface area (Å²) in [5.74, 6) is 1.99. The van der Waals surface area contributed by atoms with Crippen LogP contribution in [-0.4, -0.2) is 25.5 Å². The van der Waals surface area contributed by atoms with E-state index in [4.69, 9.17) is 4.52 Å². The minimum Gasteiger partial charge on any atom is -0.506 e. The molecule has 0 aromatic carbocycles. The second kappa shape index (κ2) is 6.26. The van der Waals surface area contributed by atoms with Crippen LogP contribution in [0.2, 0.25) is 0 Å². The molecule has 20 heavy (non-hydrogen) atoms. The quantitative estimate of drug-likeness (QED) is 0.930. The van der Waals surface area contributed by atoms with Crippen molar-refractivity contribution < 1.29 is 9.63 Å². The first-order chi connectivity index (χ1) is 9.81. The Hall–Kier alpha value is -1.56. The van der Waals surface area contributed by atoms with Crippen molar-refractivity contribution in [3.63, 3.8) is 0 Å². The molecule has 1 aliphatic rings. The molecular formula is C14H17N3O2S. The lowest BCUT2D eigenvalue weighted by atomic mass is 10.0. The lowest BCUT2D eigenvalue weighted by molar-refractivity contribution is 0.424. The highest BCUT2D eigenvalue weighted by molar-refractivity contribution is 7.99. The van der Waals surface area contributed by atoms with Crippen molar-refractivity contribution >= 4 is 11.8 Å². The van der Waals surface area contributed by atoms with E-state index in [0.717, 1.165) is 11.0 Å².